The van der Waals surface area contributed by atoms with E-state index in [9.17, 15) is 14.4 Å². The molecule has 4 rings (SSSR count). The van der Waals surface area contributed by atoms with E-state index in [0.717, 1.165) is 21.4 Å². The minimum Gasteiger partial charge on any atom is -0.324 e. The lowest BCUT2D eigenvalue weighted by molar-refractivity contribution is -0.123. The van der Waals surface area contributed by atoms with Crippen LogP contribution in [0.5, 0.6) is 0 Å². The monoisotopic (exact) mass is 455 g/mol. The Kier molecular flexibility index (Phi) is 5.14. The number of amides is 3. The number of nitrogens with zero attached hydrogens (tertiary/aromatic N) is 4. The highest BCUT2D eigenvalue weighted by Crippen LogP contribution is 2.32. The Morgan fingerprint density at radius 2 is 1.76 bits per heavy atom. The summed E-state index contributed by atoms with van der Waals surface area (Å²) < 4.78 is 0.897. The molecule has 1 N–H and O–H groups in total. The molecule has 1 saturated heterocycles. The number of anilines is 2. The molecule has 0 aromatic heterocycles. The van der Waals surface area contributed by atoms with Gasteiger partial charge in [-0.2, -0.15) is 5.11 Å². The molecule has 9 heteroatoms. The van der Waals surface area contributed by atoms with Crippen molar-refractivity contribution in [1.82, 2.24) is 5.01 Å². The Hall–Kier alpha value is -3.07. The van der Waals surface area contributed by atoms with Crippen molar-refractivity contribution in [3.05, 3.63) is 58.6 Å². The van der Waals surface area contributed by atoms with Crippen LogP contribution in [0.2, 0.25) is 0 Å². The van der Waals surface area contributed by atoms with Gasteiger partial charge in [-0.05, 0) is 48.4 Å². The molecule has 0 bridgehead atoms. The second-order valence-corrected chi connectivity index (χ2v) is 7.69. The summed E-state index contributed by atoms with van der Waals surface area (Å²) in [5.74, 6) is -1.20. The molecule has 2 aliphatic heterocycles. The fourth-order valence-electron chi connectivity index (χ4n) is 3.37. The first-order chi connectivity index (χ1) is 14.0. The van der Waals surface area contributed by atoms with Gasteiger partial charge in [0, 0.05) is 10.2 Å². The van der Waals surface area contributed by atoms with Gasteiger partial charge in [-0.3, -0.25) is 19.4 Å². The summed E-state index contributed by atoms with van der Waals surface area (Å²) in [7, 11) is 0. The minimum atomic E-state index is -0.922. The van der Waals surface area contributed by atoms with E-state index >= 15 is 0 Å². The van der Waals surface area contributed by atoms with Crippen LogP contribution >= 0.6 is 15.9 Å². The molecule has 29 heavy (non-hydrogen) atoms. The van der Waals surface area contributed by atoms with Crippen LogP contribution in [0.4, 0.5) is 11.4 Å². The van der Waals surface area contributed by atoms with Crippen LogP contribution in [0.25, 0.3) is 0 Å². The number of fused-ring (bicyclic) bond motifs is 1. The summed E-state index contributed by atoms with van der Waals surface area (Å²) in [6.45, 7) is 1.85. The Morgan fingerprint density at radius 3 is 2.41 bits per heavy atom. The summed E-state index contributed by atoms with van der Waals surface area (Å²) in [5, 5.41) is 11.9. The average molecular weight is 456 g/mol. The second kappa shape index (κ2) is 7.75. The summed E-state index contributed by atoms with van der Waals surface area (Å²) in [5.41, 5.74) is 2.23. The topological polar surface area (TPSA) is 94.4 Å². The zero-order valence-corrected chi connectivity index (χ0v) is 17.2. The van der Waals surface area contributed by atoms with Crippen molar-refractivity contribution in [3.8, 4) is 0 Å². The van der Waals surface area contributed by atoms with Crippen molar-refractivity contribution in [2.45, 2.75) is 25.4 Å². The van der Waals surface area contributed by atoms with E-state index in [4.69, 9.17) is 0 Å². The molecular weight excluding hydrogens is 438 g/mol. The van der Waals surface area contributed by atoms with E-state index in [2.05, 4.69) is 31.6 Å². The van der Waals surface area contributed by atoms with Crippen molar-refractivity contribution in [2.75, 3.05) is 16.8 Å². The quantitative estimate of drug-likeness (QED) is 0.701. The number of nitrogens with one attached hydrogen (secondary N) is 1. The molecule has 0 aliphatic carbocycles. The van der Waals surface area contributed by atoms with Gasteiger partial charge in [0.1, 0.15) is 6.54 Å². The molecule has 2 aliphatic rings. The molecule has 2 heterocycles. The van der Waals surface area contributed by atoms with Crippen LogP contribution in [-0.4, -0.2) is 41.4 Å². The number of carbonyl (C=O) groups is 3. The van der Waals surface area contributed by atoms with E-state index in [-0.39, 0.29) is 12.5 Å². The molecule has 0 spiro atoms. The molecular formula is C20H18BrN5O3. The Bertz CT molecular complexity index is 990. The maximum atomic E-state index is 12.9. The third-order valence-corrected chi connectivity index (χ3v) is 5.42. The summed E-state index contributed by atoms with van der Waals surface area (Å²) in [4.78, 5) is 39.2. The van der Waals surface area contributed by atoms with Crippen molar-refractivity contribution < 1.29 is 14.4 Å². The number of rotatable bonds is 5. The standard InChI is InChI=1S/C20H18BrN5O3/c1-2-12-3-9-15(10-4-12)26-19(28)17-18(20(26)29)25(24-23-17)11-16(27)22-14-7-5-13(21)6-8-14/h3-10,17-18H,2,11H2,1H3,(H,22,27). The number of halogens is 1. The van der Waals surface area contributed by atoms with Crippen LogP contribution < -0.4 is 10.2 Å². The van der Waals surface area contributed by atoms with Gasteiger partial charge in [-0.15, -0.1) is 0 Å². The van der Waals surface area contributed by atoms with Crippen LogP contribution in [0.3, 0.4) is 0 Å². The van der Waals surface area contributed by atoms with Crippen LogP contribution in [-0.2, 0) is 20.8 Å². The van der Waals surface area contributed by atoms with Gasteiger partial charge in [0.25, 0.3) is 11.8 Å². The highest BCUT2D eigenvalue weighted by Gasteiger charge is 2.55. The Balaban J connectivity index is 1.47. The first-order valence-electron chi connectivity index (χ1n) is 9.17. The van der Waals surface area contributed by atoms with Gasteiger partial charge in [-0.25, -0.2) is 4.90 Å². The number of benzene rings is 2. The molecule has 1 fully saturated rings. The van der Waals surface area contributed by atoms with Gasteiger partial charge in [-0.1, -0.05) is 40.2 Å². The predicted molar refractivity (Wildman–Crippen MR) is 110 cm³/mol. The molecule has 2 unspecified atom stereocenters. The van der Waals surface area contributed by atoms with Crippen molar-refractivity contribution >= 4 is 45.0 Å². The highest BCUT2D eigenvalue weighted by atomic mass is 79.9. The number of hydrogen-bond donors (Lipinski definition) is 1. The Labute approximate surface area is 175 Å². The van der Waals surface area contributed by atoms with E-state index in [1.807, 2.05) is 31.2 Å². The largest absolute Gasteiger partial charge is 0.324 e. The molecule has 0 saturated carbocycles. The smallest absolute Gasteiger partial charge is 0.263 e. The zero-order chi connectivity index (χ0) is 20.5. The number of carbonyl (C=O) groups excluding carboxylic acids is 3. The summed E-state index contributed by atoms with van der Waals surface area (Å²) >= 11 is 3.34. The van der Waals surface area contributed by atoms with Gasteiger partial charge in [0.05, 0.1) is 5.69 Å². The fraction of sp³-hybridized carbons (Fsp3) is 0.250. The van der Waals surface area contributed by atoms with Crippen LogP contribution in [0, 0.1) is 0 Å². The Morgan fingerprint density at radius 1 is 1.07 bits per heavy atom. The molecule has 148 valence electrons. The normalized spacial score (nSPS) is 20.3. The van der Waals surface area contributed by atoms with Crippen LogP contribution in [0.1, 0.15) is 12.5 Å². The average Bonchev–Trinajstić information content (AvgIpc) is 3.23. The van der Waals surface area contributed by atoms with Gasteiger partial charge >= 0.3 is 0 Å². The third kappa shape index (κ3) is 3.65. The number of hydrogen-bond acceptors (Lipinski definition) is 6. The van der Waals surface area contributed by atoms with Crippen LogP contribution in [0.15, 0.2) is 63.3 Å². The SMILES string of the molecule is CCc1ccc(N2C(=O)C3N=NN(CC(=O)Nc4ccc(Br)cc4)C3C2=O)cc1. The third-order valence-electron chi connectivity index (χ3n) is 4.89. The zero-order valence-electron chi connectivity index (χ0n) is 15.6. The van der Waals surface area contributed by atoms with Crippen molar-refractivity contribution in [1.29, 1.82) is 0 Å². The highest BCUT2D eigenvalue weighted by molar-refractivity contribution is 9.10. The first kappa shape index (κ1) is 19.3. The minimum absolute atomic E-state index is 0.178. The first-order valence-corrected chi connectivity index (χ1v) is 9.97. The molecule has 2 aromatic carbocycles. The van der Waals surface area contributed by atoms with Gasteiger partial charge in [0.2, 0.25) is 5.91 Å². The van der Waals surface area contributed by atoms with Crippen molar-refractivity contribution in [2.24, 2.45) is 10.3 Å². The molecule has 8 nitrogen and oxygen atoms in total. The number of aryl methyl sites for hydroxylation is 1. The van der Waals surface area contributed by atoms with Gasteiger partial charge in [0.15, 0.2) is 12.1 Å². The van der Waals surface area contributed by atoms with E-state index < -0.39 is 23.9 Å². The summed E-state index contributed by atoms with van der Waals surface area (Å²) in [6.07, 6.45) is 0.864. The molecule has 3 amide bonds. The van der Waals surface area contributed by atoms with E-state index in [0.29, 0.717) is 11.4 Å². The maximum absolute atomic E-state index is 12.9. The van der Waals surface area contributed by atoms with Crippen molar-refractivity contribution in [3.63, 3.8) is 0 Å². The maximum Gasteiger partial charge on any atom is 0.263 e. The second-order valence-electron chi connectivity index (χ2n) is 6.78. The lowest BCUT2D eigenvalue weighted by atomic mass is 10.1. The predicted octanol–water partition coefficient (Wildman–Crippen LogP) is 2.94. The van der Waals surface area contributed by atoms with Gasteiger partial charge < -0.3 is 5.32 Å². The lowest BCUT2D eigenvalue weighted by Crippen LogP contribution is -2.43. The fourth-order valence-corrected chi connectivity index (χ4v) is 3.63. The number of imide groups is 1. The molecule has 0 radical (unpaired) electrons. The van der Waals surface area contributed by atoms with E-state index in [1.54, 1.807) is 24.3 Å². The molecule has 2 atom stereocenters. The summed E-state index contributed by atoms with van der Waals surface area (Å²) in [6, 6.07) is 12.6. The molecule has 2 aromatic rings. The lowest BCUT2D eigenvalue weighted by Gasteiger charge is -2.20. The van der Waals surface area contributed by atoms with E-state index in [1.165, 1.54) is 5.01 Å².